The molecule has 0 aromatic rings. The third-order valence-electron chi connectivity index (χ3n) is 1.67. The standard InChI is InChI=1S/C9H18O4S/c1-3-7-14(11,12)8-5-4-6-13-9(2)10/h3-8H2,1-2H3. The van der Waals surface area contributed by atoms with E-state index in [0.29, 0.717) is 25.9 Å². The molecule has 0 aliphatic carbocycles. The minimum absolute atomic E-state index is 0.197. The number of carbonyl (C=O) groups is 1. The normalized spacial score (nSPS) is 11.3. The van der Waals surface area contributed by atoms with Gasteiger partial charge in [-0.15, -0.1) is 0 Å². The second kappa shape index (κ2) is 6.81. The third kappa shape index (κ3) is 8.04. The van der Waals surface area contributed by atoms with E-state index >= 15 is 0 Å². The molecular formula is C9H18O4S. The predicted octanol–water partition coefficient (Wildman–Crippen LogP) is 1.15. The van der Waals surface area contributed by atoms with Gasteiger partial charge in [0.05, 0.1) is 12.4 Å². The van der Waals surface area contributed by atoms with Gasteiger partial charge in [0.25, 0.3) is 0 Å². The van der Waals surface area contributed by atoms with Crippen molar-refractivity contribution in [1.29, 1.82) is 0 Å². The fourth-order valence-electron chi connectivity index (χ4n) is 1.05. The average molecular weight is 222 g/mol. The minimum atomic E-state index is -2.87. The van der Waals surface area contributed by atoms with Crippen molar-refractivity contribution >= 4 is 15.8 Å². The molecule has 0 atom stereocenters. The number of ether oxygens (including phenoxy) is 1. The number of hydrogen-bond donors (Lipinski definition) is 0. The van der Waals surface area contributed by atoms with E-state index in [1.165, 1.54) is 6.92 Å². The summed E-state index contributed by atoms with van der Waals surface area (Å²) in [5.41, 5.74) is 0. The van der Waals surface area contributed by atoms with E-state index in [1.54, 1.807) is 0 Å². The molecule has 0 N–H and O–H groups in total. The van der Waals surface area contributed by atoms with E-state index in [4.69, 9.17) is 0 Å². The molecule has 0 rings (SSSR count). The summed E-state index contributed by atoms with van der Waals surface area (Å²) in [5, 5.41) is 0. The van der Waals surface area contributed by atoms with Crippen molar-refractivity contribution in [3.63, 3.8) is 0 Å². The van der Waals surface area contributed by atoms with Crippen LogP contribution in [0.4, 0.5) is 0 Å². The van der Waals surface area contributed by atoms with E-state index in [2.05, 4.69) is 4.74 Å². The van der Waals surface area contributed by atoms with Crippen LogP contribution in [0.2, 0.25) is 0 Å². The molecule has 0 spiro atoms. The molecule has 0 radical (unpaired) electrons. The number of rotatable bonds is 7. The molecular weight excluding hydrogens is 204 g/mol. The topological polar surface area (TPSA) is 60.4 Å². The highest BCUT2D eigenvalue weighted by atomic mass is 32.2. The monoisotopic (exact) mass is 222 g/mol. The molecule has 0 aromatic heterocycles. The summed E-state index contributed by atoms with van der Waals surface area (Å²) in [5.74, 6) is 0.129. The molecule has 0 aliphatic rings. The second-order valence-electron chi connectivity index (χ2n) is 3.20. The molecule has 5 heteroatoms. The number of sulfone groups is 1. The number of hydrogen-bond acceptors (Lipinski definition) is 4. The van der Waals surface area contributed by atoms with E-state index < -0.39 is 9.84 Å². The molecule has 0 unspecified atom stereocenters. The lowest BCUT2D eigenvalue weighted by Gasteiger charge is -2.03. The number of esters is 1. The minimum Gasteiger partial charge on any atom is -0.466 e. The summed E-state index contributed by atoms with van der Waals surface area (Å²) in [7, 11) is -2.87. The van der Waals surface area contributed by atoms with Crippen molar-refractivity contribution in [1.82, 2.24) is 0 Å². The highest BCUT2D eigenvalue weighted by Gasteiger charge is 2.08. The Labute approximate surface area is 85.6 Å². The first-order chi connectivity index (χ1) is 6.48. The van der Waals surface area contributed by atoms with Gasteiger partial charge >= 0.3 is 5.97 Å². The summed E-state index contributed by atoms with van der Waals surface area (Å²) in [6.07, 6.45) is 1.84. The smallest absolute Gasteiger partial charge is 0.302 e. The van der Waals surface area contributed by atoms with Crippen LogP contribution in [0.1, 0.15) is 33.1 Å². The van der Waals surface area contributed by atoms with Crippen molar-refractivity contribution < 1.29 is 17.9 Å². The molecule has 0 fully saturated rings. The first-order valence-corrected chi connectivity index (χ1v) is 6.64. The molecule has 0 heterocycles. The Hall–Kier alpha value is -0.580. The fraction of sp³-hybridized carbons (Fsp3) is 0.889. The van der Waals surface area contributed by atoms with Crippen molar-refractivity contribution in [3.05, 3.63) is 0 Å². The largest absolute Gasteiger partial charge is 0.466 e. The second-order valence-corrected chi connectivity index (χ2v) is 5.50. The van der Waals surface area contributed by atoms with Gasteiger partial charge in [-0.2, -0.15) is 0 Å². The van der Waals surface area contributed by atoms with Gasteiger partial charge in [-0.25, -0.2) is 8.42 Å². The van der Waals surface area contributed by atoms with E-state index in [0.717, 1.165) is 0 Å². The lowest BCUT2D eigenvalue weighted by atomic mass is 10.4. The molecule has 0 saturated heterocycles. The number of carbonyl (C=O) groups excluding carboxylic acids is 1. The van der Waals surface area contributed by atoms with Gasteiger partial charge < -0.3 is 4.74 Å². The van der Waals surface area contributed by atoms with Crippen LogP contribution in [0.15, 0.2) is 0 Å². The van der Waals surface area contributed by atoms with Crippen LogP contribution in [-0.4, -0.2) is 32.5 Å². The van der Waals surface area contributed by atoms with Gasteiger partial charge in [-0.05, 0) is 19.3 Å². The van der Waals surface area contributed by atoms with Gasteiger partial charge in [0.1, 0.15) is 9.84 Å². The van der Waals surface area contributed by atoms with Crippen LogP contribution in [0.25, 0.3) is 0 Å². The Balaban J connectivity index is 3.49. The lowest BCUT2D eigenvalue weighted by molar-refractivity contribution is -0.141. The SMILES string of the molecule is CCCS(=O)(=O)CCCCOC(C)=O. The maximum Gasteiger partial charge on any atom is 0.302 e. The average Bonchev–Trinajstić information content (AvgIpc) is 2.02. The van der Waals surface area contributed by atoms with Crippen LogP contribution in [0.5, 0.6) is 0 Å². The van der Waals surface area contributed by atoms with Gasteiger partial charge in [0.15, 0.2) is 0 Å². The first kappa shape index (κ1) is 13.4. The van der Waals surface area contributed by atoms with Gasteiger partial charge in [0.2, 0.25) is 0 Å². The zero-order valence-electron chi connectivity index (χ0n) is 8.78. The maximum atomic E-state index is 11.2. The van der Waals surface area contributed by atoms with Crippen LogP contribution in [-0.2, 0) is 19.4 Å². The fourth-order valence-corrected chi connectivity index (χ4v) is 2.52. The predicted molar refractivity (Wildman–Crippen MR) is 54.8 cm³/mol. The van der Waals surface area contributed by atoms with Gasteiger partial charge in [-0.1, -0.05) is 6.92 Å². The van der Waals surface area contributed by atoms with Crippen LogP contribution >= 0.6 is 0 Å². The summed E-state index contributed by atoms with van der Waals surface area (Å²) >= 11 is 0. The number of unbranched alkanes of at least 4 members (excludes halogenated alkanes) is 1. The van der Waals surface area contributed by atoms with E-state index in [-0.39, 0.29) is 17.5 Å². The summed E-state index contributed by atoms with van der Waals surface area (Å²) < 4.78 is 27.1. The van der Waals surface area contributed by atoms with Gasteiger partial charge in [-0.3, -0.25) is 4.79 Å². The van der Waals surface area contributed by atoms with Gasteiger partial charge in [0, 0.05) is 12.7 Å². The molecule has 0 amide bonds. The van der Waals surface area contributed by atoms with Crippen molar-refractivity contribution in [2.24, 2.45) is 0 Å². The van der Waals surface area contributed by atoms with Crippen molar-refractivity contribution in [2.45, 2.75) is 33.1 Å². The molecule has 0 saturated carbocycles. The summed E-state index contributed by atoms with van der Waals surface area (Å²) in [6.45, 7) is 3.50. The van der Waals surface area contributed by atoms with Crippen LogP contribution < -0.4 is 0 Å². The van der Waals surface area contributed by atoms with E-state index in [1.807, 2.05) is 6.92 Å². The Kier molecular flexibility index (Phi) is 6.53. The van der Waals surface area contributed by atoms with Crippen molar-refractivity contribution in [2.75, 3.05) is 18.1 Å². The van der Waals surface area contributed by atoms with Crippen molar-refractivity contribution in [3.8, 4) is 0 Å². The molecule has 4 nitrogen and oxygen atoms in total. The molecule has 0 bridgehead atoms. The maximum absolute atomic E-state index is 11.2. The summed E-state index contributed by atoms with van der Waals surface area (Å²) in [6, 6.07) is 0. The zero-order chi connectivity index (χ0) is 11.0. The Morgan fingerprint density at radius 3 is 2.36 bits per heavy atom. The zero-order valence-corrected chi connectivity index (χ0v) is 9.60. The molecule has 14 heavy (non-hydrogen) atoms. The molecule has 84 valence electrons. The third-order valence-corrected chi connectivity index (χ3v) is 3.61. The quantitative estimate of drug-likeness (QED) is 0.479. The lowest BCUT2D eigenvalue weighted by Crippen LogP contribution is -2.11. The highest BCUT2D eigenvalue weighted by molar-refractivity contribution is 7.91. The first-order valence-electron chi connectivity index (χ1n) is 4.81. The van der Waals surface area contributed by atoms with Crippen LogP contribution in [0, 0.1) is 0 Å². The molecule has 0 aromatic carbocycles. The summed E-state index contributed by atoms with van der Waals surface area (Å²) in [4.78, 5) is 10.4. The van der Waals surface area contributed by atoms with E-state index in [9.17, 15) is 13.2 Å². The molecule has 0 aliphatic heterocycles. The Morgan fingerprint density at radius 2 is 1.86 bits per heavy atom. The van der Waals surface area contributed by atoms with Crippen LogP contribution in [0.3, 0.4) is 0 Å². The Bertz CT molecular complexity index is 256. The highest BCUT2D eigenvalue weighted by Crippen LogP contribution is 1.99. The Morgan fingerprint density at radius 1 is 1.21 bits per heavy atom.